The molecule has 26 heavy (non-hydrogen) atoms. The summed E-state index contributed by atoms with van der Waals surface area (Å²) in [6, 6.07) is 0. The van der Waals surface area contributed by atoms with E-state index in [4.69, 9.17) is 23.7 Å². The zero-order chi connectivity index (χ0) is 18.4. The van der Waals surface area contributed by atoms with E-state index in [0.29, 0.717) is 23.7 Å². The van der Waals surface area contributed by atoms with Crippen LogP contribution in [0, 0.1) is 29.6 Å². The number of fused-ring (bicyclic) bond motifs is 5. The van der Waals surface area contributed by atoms with Crippen LogP contribution < -0.4 is 0 Å². The molecule has 3 aliphatic heterocycles. The lowest BCUT2D eigenvalue weighted by Gasteiger charge is -2.31. The Labute approximate surface area is 152 Å². The van der Waals surface area contributed by atoms with Gasteiger partial charge in [0.1, 0.15) is 6.10 Å². The molecule has 2 aliphatic carbocycles. The number of ether oxygens (including phenoxy) is 5. The fraction of sp³-hybridized carbons (Fsp3) is 0.895. The highest BCUT2D eigenvalue weighted by Crippen LogP contribution is 2.55. The lowest BCUT2D eigenvalue weighted by Crippen LogP contribution is -2.40. The van der Waals surface area contributed by atoms with Crippen molar-refractivity contribution in [3.05, 3.63) is 0 Å². The normalized spacial score (nSPS) is 53.5. The van der Waals surface area contributed by atoms with Crippen molar-refractivity contribution in [3.63, 3.8) is 0 Å². The second-order valence-corrected chi connectivity index (χ2v) is 9.05. The van der Waals surface area contributed by atoms with Crippen molar-refractivity contribution in [1.29, 1.82) is 0 Å². The summed E-state index contributed by atoms with van der Waals surface area (Å²) in [4.78, 5) is 25.1. The van der Waals surface area contributed by atoms with E-state index in [-0.39, 0.29) is 11.9 Å². The predicted molar refractivity (Wildman–Crippen MR) is 86.5 cm³/mol. The average Bonchev–Trinajstić information content (AvgIpc) is 3.31. The highest BCUT2D eigenvalue weighted by atomic mass is 16.8. The maximum absolute atomic E-state index is 12.8. The van der Waals surface area contributed by atoms with Crippen LogP contribution in [-0.4, -0.2) is 48.4 Å². The van der Waals surface area contributed by atoms with Crippen molar-refractivity contribution >= 4 is 11.9 Å². The van der Waals surface area contributed by atoms with Crippen molar-refractivity contribution in [2.24, 2.45) is 29.6 Å². The van der Waals surface area contributed by atoms with Crippen LogP contribution in [0.4, 0.5) is 0 Å². The summed E-state index contributed by atoms with van der Waals surface area (Å²) < 4.78 is 28.3. The molecule has 0 spiro atoms. The Balaban J connectivity index is 1.27. The summed E-state index contributed by atoms with van der Waals surface area (Å²) in [5, 5.41) is 0. The van der Waals surface area contributed by atoms with Gasteiger partial charge in [0.2, 0.25) is 6.10 Å². The summed E-state index contributed by atoms with van der Waals surface area (Å²) in [5.41, 5.74) is 0. The quantitative estimate of drug-likeness (QED) is 0.687. The molecule has 2 saturated carbocycles. The molecule has 6 unspecified atom stereocenters. The third kappa shape index (κ3) is 2.29. The van der Waals surface area contributed by atoms with Gasteiger partial charge in [-0.2, -0.15) is 0 Å². The van der Waals surface area contributed by atoms with Gasteiger partial charge in [0.05, 0.1) is 5.92 Å². The molecule has 144 valence electrons. The van der Waals surface area contributed by atoms with Crippen molar-refractivity contribution in [2.45, 2.75) is 77.0 Å². The van der Waals surface area contributed by atoms with Crippen LogP contribution in [0.2, 0.25) is 0 Å². The standard InChI is InChI=1S/C19H26O7/c1-7-8(2)10-5-9(7)6-11(10)16(20)23-14-12-13(22-17(14)21)15-18(24-12)26-19(3,4)25-15/h7-15,18H,5-6H2,1-4H3/t7?,8?,9?,10?,11?,12-,13-,14?,15+,18+/m0/s1. The van der Waals surface area contributed by atoms with Gasteiger partial charge < -0.3 is 23.7 Å². The molecule has 0 radical (unpaired) electrons. The van der Waals surface area contributed by atoms with Gasteiger partial charge in [-0.3, -0.25) is 4.79 Å². The van der Waals surface area contributed by atoms with Crippen LogP contribution in [0.5, 0.6) is 0 Å². The zero-order valence-corrected chi connectivity index (χ0v) is 15.5. The first kappa shape index (κ1) is 17.0. The Hall–Kier alpha value is -1.18. The molecular weight excluding hydrogens is 340 g/mol. The first-order chi connectivity index (χ1) is 12.2. The number of hydrogen-bond donors (Lipinski definition) is 0. The molecule has 2 bridgehead atoms. The first-order valence-electron chi connectivity index (χ1n) is 9.67. The Bertz CT molecular complexity index is 644. The minimum absolute atomic E-state index is 0.120. The SMILES string of the molecule is CC1C2CC(C(=O)OC3C(=O)O[C@@H]4[C@H]5OC(C)(C)O[C@H]5O[C@H]34)C(C2)C1C. The van der Waals surface area contributed by atoms with Gasteiger partial charge in [0.15, 0.2) is 24.3 Å². The first-order valence-corrected chi connectivity index (χ1v) is 9.67. The van der Waals surface area contributed by atoms with E-state index in [1.54, 1.807) is 13.8 Å². The molecule has 0 aromatic rings. The summed E-state index contributed by atoms with van der Waals surface area (Å²) in [5.74, 6) is 0.365. The van der Waals surface area contributed by atoms with Crippen molar-refractivity contribution in [3.8, 4) is 0 Å². The number of hydrogen-bond acceptors (Lipinski definition) is 7. The minimum Gasteiger partial charge on any atom is -0.454 e. The Kier molecular flexibility index (Phi) is 3.54. The number of carbonyl (C=O) groups is 2. The molecule has 5 aliphatic rings. The van der Waals surface area contributed by atoms with Gasteiger partial charge in [-0.05, 0) is 50.4 Å². The van der Waals surface area contributed by atoms with Crippen LogP contribution in [-0.2, 0) is 33.3 Å². The lowest BCUT2D eigenvalue weighted by atomic mass is 9.76. The largest absolute Gasteiger partial charge is 0.454 e. The fourth-order valence-electron chi connectivity index (χ4n) is 5.76. The van der Waals surface area contributed by atoms with Crippen LogP contribution in [0.15, 0.2) is 0 Å². The van der Waals surface area contributed by atoms with Gasteiger partial charge in [-0.1, -0.05) is 13.8 Å². The summed E-state index contributed by atoms with van der Waals surface area (Å²) in [6.45, 7) is 8.05. The van der Waals surface area contributed by atoms with Gasteiger partial charge in [-0.15, -0.1) is 0 Å². The number of carbonyl (C=O) groups excluding carboxylic acids is 2. The Morgan fingerprint density at radius 2 is 1.85 bits per heavy atom. The molecule has 3 heterocycles. The lowest BCUT2D eigenvalue weighted by molar-refractivity contribution is -0.217. The van der Waals surface area contributed by atoms with Gasteiger partial charge in [-0.25, -0.2) is 4.79 Å². The van der Waals surface area contributed by atoms with E-state index < -0.39 is 42.5 Å². The summed E-state index contributed by atoms with van der Waals surface area (Å²) in [6.07, 6.45) is -1.42. The Morgan fingerprint density at radius 3 is 2.54 bits per heavy atom. The van der Waals surface area contributed by atoms with Crippen molar-refractivity contribution in [2.75, 3.05) is 0 Å². The van der Waals surface area contributed by atoms with Crippen molar-refractivity contribution < 1.29 is 33.3 Å². The summed E-state index contributed by atoms with van der Waals surface area (Å²) in [7, 11) is 0. The van der Waals surface area contributed by atoms with Gasteiger partial charge in [0, 0.05) is 0 Å². The molecule has 5 fully saturated rings. The molecule has 0 amide bonds. The van der Waals surface area contributed by atoms with Crippen LogP contribution in [0.25, 0.3) is 0 Å². The predicted octanol–water partition coefficient (Wildman–Crippen LogP) is 1.63. The van der Waals surface area contributed by atoms with E-state index >= 15 is 0 Å². The molecule has 5 rings (SSSR count). The monoisotopic (exact) mass is 366 g/mol. The highest BCUT2D eigenvalue weighted by Gasteiger charge is 2.64. The Morgan fingerprint density at radius 1 is 1.08 bits per heavy atom. The molecule has 7 nitrogen and oxygen atoms in total. The molecule has 7 heteroatoms. The van der Waals surface area contributed by atoms with E-state index in [1.807, 2.05) is 0 Å². The van der Waals surface area contributed by atoms with E-state index in [0.717, 1.165) is 12.8 Å². The van der Waals surface area contributed by atoms with Crippen LogP contribution >= 0.6 is 0 Å². The fourth-order valence-corrected chi connectivity index (χ4v) is 5.76. The van der Waals surface area contributed by atoms with Gasteiger partial charge >= 0.3 is 11.9 Å². The maximum atomic E-state index is 12.8. The number of esters is 2. The second-order valence-electron chi connectivity index (χ2n) is 9.05. The zero-order valence-electron chi connectivity index (χ0n) is 15.5. The molecule has 0 aromatic heterocycles. The van der Waals surface area contributed by atoms with Crippen molar-refractivity contribution in [1.82, 2.24) is 0 Å². The molecule has 3 saturated heterocycles. The molecule has 0 N–H and O–H groups in total. The van der Waals surface area contributed by atoms with Crippen LogP contribution in [0.3, 0.4) is 0 Å². The smallest absolute Gasteiger partial charge is 0.350 e. The number of rotatable bonds is 2. The third-order valence-corrected chi connectivity index (χ3v) is 7.25. The van der Waals surface area contributed by atoms with E-state index in [1.165, 1.54) is 0 Å². The summed E-state index contributed by atoms with van der Waals surface area (Å²) >= 11 is 0. The third-order valence-electron chi connectivity index (χ3n) is 7.25. The molecule has 0 aromatic carbocycles. The molecular formula is C19H26O7. The van der Waals surface area contributed by atoms with E-state index in [9.17, 15) is 9.59 Å². The second kappa shape index (κ2) is 5.42. The highest BCUT2D eigenvalue weighted by molar-refractivity contribution is 5.83. The molecule has 10 atom stereocenters. The maximum Gasteiger partial charge on any atom is 0.350 e. The van der Waals surface area contributed by atoms with Crippen LogP contribution in [0.1, 0.15) is 40.5 Å². The minimum atomic E-state index is -1.03. The van der Waals surface area contributed by atoms with E-state index in [2.05, 4.69) is 13.8 Å². The topological polar surface area (TPSA) is 80.3 Å². The average molecular weight is 366 g/mol. The van der Waals surface area contributed by atoms with Gasteiger partial charge in [0.25, 0.3) is 0 Å².